The van der Waals surface area contributed by atoms with Crippen molar-refractivity contribution in [3.63, 3.8) is 0 Å². The molecule has 1 fully saturated rings. The van der Waals surface area contributed by atoms with Crippen LogP contribution in [0, 0.1) is 13.8 Å². The first-order valence-corrected chi connectivity index (χ1v) is 7.87. The molecule has 0 saturated carbocycles. The number of hydrogen-bond donors (Lipinski definition) is 1. The lowest BCUT2D eigenvalue weighted by molar-refractivity contribution is -0.113. The average Bonchev–Trinajstić information content (AvgIpc) is 2.98. The zero-order valence-electron chi connectivity index (χ0n) is 11.7. The van der Waals surface area contributed by atoms with Crippen LogP contribution in [0.15, 0.2) is 40.7 Å². The molecule has 1 N–H and O–H groups in total. The van der Waals surface area contributed by atoms with Gasteiger partial charge in [0, 0.05) is 0 Å². The number of anilines is 1. The van der Waals surface area contributed by atoms with Crippen molar-refractivity contribution >= 4 is 46.3 Å². The van der Waals surface area contributed by atoms with E-state index >= 15 is 0 Å². The molecule has 0 bridgehead atoms. The molecule has 1 aliphatic heterocycles. The number of carbonyl (C=O) groups is 1. The lowest BCUT2D eigenvalue weighted by Crippen LogP contribution is -2.30. The molecule has 2 aromatic rings. The quantitative estimate of drug-likeness (QED) is 0.678. The van der Waals surface area contributed by atoms with Crippen LogP contribution >= 0.6 is 23.6 Å². The van der Waals surface area contributed by atoms with Crippen LogP contribution in [-0.4, -0.2) is 11.0 Å². The molecule has 2 heterocycles. The van der Waals surface area contributed by atoms with Gasteiger partial charge in [0.1, 0.15) is 5.70 Å². The Kier molecular flexibility index (Phi) is 3.61. The number of hydrogen-bond acceptors (Lipinski definition) is 3. The zero-order valence-corrected chi connectivity index (χ0v) is 13.3. The monoisotopic (exact) mass is 314 g/mol. The molecule has 0 radical (unpaired) electrons. The van der Waals surface area contributed by atoms with Gasteiger partial charge in [-0.2, -0.15) is 11.3 Å². The van der Waals surface area contributed by atoms with Crippen LogP contribution in [0.25, 0.3) is 6.08 Å². The van der Waals surface area contributed by atoms with E-state index in [0.717, 1.165) is 22.4 Å². The normalized spacial score (nSPS) is 16.7. The second-order valence-electron chi connectivity index (χ2n) is 5.03. The minimum atomic E-state index is -0.115. The van der Waals surface area contributed by atoms with Gasteiger partial charge in [0.2, 0.25) is 0 Å². The Morgan fingerprint density at radius 2 is 1.95 bits per heavy atom. The van der Waals surface area contributed by atoms with E-state index in [1.54, 1.807) is 16.2 Å². The number of benzene rings is 1. The Morgan fingerprint density at radius 1 is 1.24 bits per heavy atom. The van der Waals surface area contributed by atoms with Crippen LogP contribution in [0.4, 0.5) is 5.69 Å². The summed E-state index contributed by atoms with van der Waals surface area (Å²) in [5.74, 6) is -0.115. The summed E-state index contributed by atoms with van der Waals surface area (Å²) in [4.78, 5) is 14.1. The average molecular weight is 314 g/mol. The van der Waals surface area contributed by atoms with Crippen LogP contribution < -0.4 is 10.2 Å². The van der Waals surface area contributed by atoms with Crippen LogP contribution in [-0.2, 0) is 4.79 Å². The molecule has 1 saturated heterocycles. The van der Waals surface area contributed by atoms with E-state index < -0.39 is 0 Å². The Bertz CT molecular complexity index is 727. The molecule has 0 unspecified atom stereocenters. The molecule has 0 atom stereocenters. The molecule has 0 spiro atoms. The summed E-state index contributed by atoms with van der Waals surface area (Å²) in [7, 11) is 0. The topological polar surface area (TPSA) is 32.3 Å². The second kappa shape index (κ2) is 5.42. The molecule has 5 heteroatoms. The Morgan fingerprint density at radius 3 is 2.57 bits per heavy atom. The molecule has 3 nitrogen and oxygen atoms in total. The fraction of sp³-hybridized carbons (Fsp3) is 0.125. The third-order valence-corrected chi connectivity index (χ3v) is 4.18. The molecule has 106 valence electrons. The van der Waals surface area contributed by atoms with E-state index in [0.29, 0.717) is 10.8 Å². The van der Waals surface area contributed by atoms with Gasteiger partial charge in [-0.05, 0) is 77.8 Å². The largest absolute Gasteiger partial charge is 0.327 e. The van der Waals surface area contributed by atoms with E-state index in [4.69, 9.17) is 12.2 Å². The highest BCUT2D eigenvalue weighted by Gasteiger charge is 2.32. The second-order valence-corrected chi connectivity index (χ2v) is 6.20. The van der Waals surface area contributed by atoms with Crippen molar-refractivity contribution in [2.24, 2.45) is 0 Å². The van der Waals surface area contributed by atoms with E-state index in [9.17, 15) is 4.79 Å². The van der Waals surface area contributed by atoms with Crippen LogP contribution in [0.1, 0.15) is 16.7 Å². The number of nitrogens with zero attached hydrogens (tertiary/aromatic N) is 1. The third kappa shape index (κ3) is 2.75. The summed E-state index contributed by atoms with van der Waals surface area (Å²) in [6, 6.07) is 7.97. The van der Waals surface area contributed by atoms with Crippen molar-refractivity contribution < 1.29 is 4.79 Å². The van der Waals surface area contributed by atoms with Crippen molar-refractivity contribution in [1.82, 2.24) is 5.32 Å². The van der Waals surface area contributed by atoms with Crippen LogP contribution in [0.3, 0.4) is 0 Å². The van der Waals surface area contributed by atoms with Gasteiger partial charge in [0.05, 0.1) is 5.69 Å². The van der Waals surface area contributed by atoms with E-state index in [1.165, 1.54) is 0 Å². The van der Waals surface area contributed by atoms with Crippen molar-refractivity contribution in [2.75, 3.05) is 4.90 Å². The zero-order chi connectivity index (χ0) is 15.0. The predicted octanol–water partition coefficient (Wildman–Crippen LogP) is 3.63. The number of aryl methyl sites for hydroxylation is 2. The summed E-state index contributed by atoms with van der Waals surface area (Å²) < 4.78 is 0. The van der Waals surface area contributed by atoms with Gasteiger partial charge in [-0.15, -0.1) is 0 Å². The van der Waals surface area contributed by atoms with Crippen molar-refractivity contribution in [3.05, 3.63) is 57.4 Å². The SMILES string of the molecule is Cc1cc(C)cc(N2C(=O)/C(=C\c3ccsc3)NC2=S)c1. The smallest absolute Gasteiger partial charge is 0.281 e. The van der Waals surface area contributed by atoms with Gasteiger partial charge in [-0.1, -0.05) is 6.07 Å². The number of carbonyl (C=O) groups excluding carboxylic acids is 1. The standard InChI is InChI=1S/C16H14N2OS2/c1-10-5-11(2)7-13(6-10)18-15(19)14(17-16(18)20)8-12-3-4-21-9-12/h3-9H,1-2H3,(H,17,20)/b14-8+. The van der Waals surface area contributed by atoms with Crippen molar-refractivity contribution in [2.45, 2.75) is 13.8 Å². The number of thiophene rings is 1. The fourth-order valence-corrected chi connectivity index (χ4v) is 3.29. The summed E-state index contributed by atoms with van der Waals surface area (Å²) >= 11 is 6.91. The Labute approximate surface area is 132 Å². The molecule has 3 rings (SSSR count). The molecule has 1 aromatic heterocycles. The highest BCUT2D eigenvalue weighted by Crippen LogP contribution is 2.25. The number of amides is 1. The van der Waals surface area contributed by atoms with Gasteiger partial charge in [-0.3, -0.25) is 9.69 Å². The molecular weight excluding hydrogens is 300 g/mol. The summed E-state index contributed by atoms with van der Waals surface area (Å²) in [5, 5.41) is 7.39. The minimum Gasteiger partial charge on any atom is -0.327 e. The Balaban J connectivity index is 1.97. The highest BCUT2D eigenvalue weighted by molar-refractivity contribution is 7.80. The van der Waals surface area contributed by atoms with Gasteiger partial charge in [0.15, 0.2) is 5.11 Å². The molecule has 21 heavy (non-hydrogen) atoms. The number of nitrogens with one attached hydrogen (secondary N) is 1. The fourth-order valence-electron chi connectivity index (χ4n) is 2.37. The van der Waals surface area contributed by atoms with Crippen LogP contribution in [0.5, 0.6) is 0 Å². The number of rotatable bonds is 2. The lowest BCUT2D eigenvalue weighted by Gasteiger charge is -2.15. The summed E-state index contributed by atoms with van der Waals surface area (Å²) in [5.41, 5.74) is 4.54. The first kappa shape index (κ1) is 14.0. The van der Waals surface area contributed by atoms with Crippen molar-refractivity contribution in [3.8, 4) is 0 Å². The van der Waals surface area contributed by atoms with Crippen molar-refractivity contribution in [1.29, 1.82) is 0 Å². The van der Waals surface area contributed by atoms with Crippen LogP contribution in [0.2, 0.25) is 0 Å². The maximum Gasteiger partial charge on any atom is 0.281 e. The van der Waals surface area contributed by atoms with Gasteiger partial charge in [-0.25, -0.2) is 0 Å². The summed E-state index contributed by atoms with van der Waals surface area (Å²) in [6.45, 7) is 4.02. The first-order chi connectivity index (χ1) is 10.0. The van der Waals surface area contributed by atoms with Gasteiger partial charge in [0.25, 0.3) is 5.91 Å². The molecule has 1 amide bonds. The molecular formula is C16H14N2OS2. The summed E-state index contributed by atoms with van der Waals surface area (Å²) in [6.07, 6.45) is 1.83. The minimum absolute atomic E-state index is 0.115. The van der Waals surface area contributed by atoms with Gasteiger partial charge < -0.3 is 5.32 Å². The van der Waals surface area contributed by atoms with E-state index in [-0.39, 0.29) is 5.91 Å². The molecule has 1 aliphatic rings. The van der Waals surface area contributed by atoms with Gasteiger partial charge >= 0.3 is 0 Å². The first-order valence-electron chi connectivity index (χ1n) is 6.52. The molecule has 0 aliphatic carbocycles. The van der Waals surface area contributed by atoms with E-state index in [1.807, 2.05) is 48.9 Å². The number of thiocarbonyl (C=S) groups is 1. The lowest BCUT2D eigenvalue weighted by atomic mass is 10.1. The van der Waals surface area contributed by atoms with E-state index in [2.05, 4.69) is 11.4 Å². The predicted molar refractivity (Wildman–Crippen MR) is 91.4 cm³/mol. The molecule has 1 aromatic carbocycles. The Hall–Kier alpha value is -1.98. The maximum atomic E-state index is 12.6. The maximum absolute atomic E-state index is 12.6. The highest BCUT2D eigenvalue weighted by atomic mass is 32.1. The third-order valence-electron chi connectivity index (χ3n) is 3.20.